The summed E-state index contributed by atoms with van der Waals surface area (Å²) in [5.74, 6) is 0.825. The highest BCUT2D eigenvalue weighted by atomic mass is 32.1. The molecular weight excluding hydrogens is 324 g/mol. The van der Waals surface area contributed by atoms with Gasteiger partial charge in [-0.05, 0) is 38.4 Å². The Balaban J connectivity index is 1.51. The lowest BCUT2D eigenvalue weighted by Gasteiger charge is -2.22. The van der Waals surface area contributed by atoms with Gasteiger partial charge in [-0.1, -0.05) is 12.1 Å². The van der Waals surface area contributed by atoms with Gasteiger partial charge in [0, 0.05) is 6.54 Å². The Morgan fingerprint density at radius 1 is 1.25 bits per heavy atom. The van der Waals surface area contributed by atoms with Crippen molar-refractivity contribution in [3.05, 3.63) is 53.4 Å². The Morgan fingerprint density at radius 2 is 2.08 bits per heavy atom. The van der Waals surface area contributed by atoms with Crippen molar-refractivity contribution in [1.29, 1.82) is 0 Å². The molecule has 0 saturated heterocycles. The van der Waals surface area contributed by atoms with E-state index >= 15 is 0 Å². The van der Waals surface area contributed by atoms with Gasteiger partial charge in [0.1, 0.15) is 10.8 Å². The lowest BCUT2D eigenvalue weighted by Crippen LogP contribution is -2.40. The van der Waals surface area contributed by atoms with Crippen molar-refractivity contribution in [3.8, 4) is 0 Å². The maximum Gasteiger partial charge on any atom is 0.315 e. The third-order valence-electron chi connectivity index (χ3n) is 3.69. The van der Waals surface area contributed by atoms with E-state index < -0.39 is 0 Å². The van der Waals surface area contributed by atoms with Crippen molar-refractivity contribution in [2.75, 3.05) is 20.6 Å². The van der Waals surface area contributed by atoms with Gasteiger partial charge >= 0.3 is 6.03 Å². The van der Waals surface area contributed by atoms with Crippen LogP contribution in [0.4, 0.5) is 4.79 Å². The highest BCUT2D eigenvalue weighted by Gasteiger charge is 2.17. The Hall–Kier alpha value is -2.38. The van der Waals surface area contributed by atoms with Crippen LogP contribution in [0.1, 0.15) is 16.8 Å². The molecule has 2 N–H and O–H groups in total. The van der Waals surface area contributed by atoms with E-state index in [9.17, 15) is 4.79 Å². The number of aromatic nitrogens is 1. The first kappa shape index (κ1) is 16.5. The molecule has 0 spiro atoms. The predicted octanol–water partition coefficient (Wildman–Crippen LogP) is 2.99. The number of thiazole rings is 1. The summed E-state index contributed by atoms with van der Waals surface area (Å²) >= 11 is 1.59. The van der Waals surface area contributed by atoms with E-state index in [1.165, 1.54) is 0 Å². The number of amides is 2. The van der Waals surface area contributed by atoms with E-state index in [1.54, 1.807) is 17.6 Å². The molecule has 6 nitrogen and oxygen atoms in total. The molecular formula is C17H20N4O2S. The summed E-state index contributed by atoms with van der Waals surface area (Å²) in [7, 11) is 3.90. The Kier molecular flexibility index (Phi) is 5.12. The smallest absolute Gasteiger partial charge is 0.315 e. The molecule has 1 atom stereocenters. The standard InChI is InChI=1S/C17H20N4O2S/c1-21(2)13(14-7-5-9-23-14)10-18-17(22)19-11-16-20-12-6-3-4-8-15(12)24-16/h3-9,13H,10-11H2,1-2H3,(H2,18,19,22). The second-order valence-electron chi connectivity index (χ2n) is 5.63. The van der Waals surface area contributed by atoms with Crippen LogP contribution in [0.25, 0.3) is 10.2 Å². The maximum atomic E-state index is 12.0. The van der Waals surface area contributed by atoms with Gasteiger partial charge in [-0.15, -0.1) is 11.3 Å². The van der Waals surface area contributed by atoms with Crippen molar-refractivity contribution < 1.29 is 9.21 Å². The van der Waals surface area contributed by atoms with Crippen LogP contribution in [0.15, 0.2) is 47.1 Å². The molecule has 0 fully saturated rings. The van der Waals surface area contributed by atoms with Crippen LogP contribution >= 0.6 is 11.3 Å². The van der Waals surface area contributed by atoms with Crippen LogP contribution in [0, 0.1) is 0 Å². The molecule has 0 saturated carbocycles. The van der Waals surface area contributed by atoms with Crippen LogP contribution in [0.5, 0.6) is 0 Å². The zero-order valence-electron chi connectivity index (χ0n) is 13.7. The molecule has 24 heavy (non-hydrogen) atoms. The number of likely N-dealkylation sites (N-methyl/N-ethyl adjacent to an activating group) is 1. The van der Waals surface area contributed by atoms with E-state index in [0.717, 1.165) is 21.0 Å². The minimum Gasteiger partial charge on any atom is -0.468 e. The van der Waals surface area contributed by atoms with E-state index in [2.05, 4.69) is 15.6 Å². The van der Waals surface area contributed by atoms with Crippen LogP contribution in [0.3, 0.4) is 0 Å². The fourth-order valence-electron chi connectivity index (χ4n) is 2.42. The molecule has 1 aromatic carbocycles. The van der Waals surface area contributed by atoms with Gasteiger partial charge in [0.25, 0.3) is 0 Å². The molecule has 2 heterocycles. The van der Waals surface area contributed by atoms with E-state index in [-0.39, 0.29) is 12.1 Å². The summed E-state index contributed by atoms with van der Waals surface area (Å²) in [6.07, 6.45) is 1.64. The largest absolute Gasteiger partial charge is 0.468 e. The summed E-state index contributed by atoms with van der Waals surface area (Å²) < 4.78 is 6.56. The summed E-state index contributed by atoms with van der Waals surface area (Å²) in [5, 5.41) is 6.62. The molecule has 1 unspecified atom stereocenters. The molecule has 3 aromatic rings. The quantitative estimate of drug-likeness (QED) is 0.721. The third kappa shape index (κ3) is 3.93. The van der Waals surface area contributed by atoms with Crippen LogP contribution in [-0.2, 0) is 6.54 Å². The summed E-state index contributed by atoms with van der Waals surface area (Å²) in [5.41, 5.74) is 0.963. The first-order valence-corrected chi connectivity index (χ1v) is 8.51. The monoisotopic (exact) mass is 344 g/mol. The SMILES string of the molecule is CN(C)C(CNC(=O)NCc1nc2ccccc2s1)c1ccco1. The minimum atomic E-state index is -0.215. The Bertz CT molecular complexity index is 765. The number of para-hydroxylation sites is 1. The number of nitrogens with one attached hydrogen (secondary N) is 2. The number of fused-ring (bicyclic) bond motifs is 1. The molecule has 0 radical (unpaired) electrons. The number of hydrogen-bond donors (Lipinski definition) is 2. The van der Waals surface area contributed by atoms with E-state index in [1.807, 2.05) is 55.4 Å². The lowest BCUT2D eigenvalue weighted by atomic mass is 10.2. The van der Waals surface area contributed by atoms with Crippen molar-refractivity contribution in [2.45, 2.75) is 12.6 Å². The number of rotatable bonds is 6. The highest BCUT2D eigenvalue weighted by molar-refractivity contribution is 7.18. The topological polar surface area (TPSA) is 70.4 Å². The average Bonchev–Trinajstić information content (AvgIpc) is 3.22. The first-order valence-electron chi connectivity index (χ1n) is 7.69. The van der Waals surface area contributed by atoms with Gasteiger partial charge in [-0.25, -0.2) is 9.78 Å². The Labute approximate surface area is 144 Å². The second kappa shape index (κ2) is 7.46. The normalized spacial score (nSPS) is 12.5. The maximum absolute atomic E-state index is 12.0. The van der Waals surface area contributed by atoms with Crippen molar-refractivity contribution >= 4 is 27.6 Å². The molecule has 0 aliphatic rings. The fourth-order valence-corrected chi connectivity index (χ4v) is 3.33. The number of hydrogen-bond acceptors (Lipinski definition) is 5. The van der Waals surface area contributed by atoms with Gasteiger partial charge in [0.15, 0.2) is 0 Å². The van der Waals surface area contributed by atoms with Crippen molar-refractivity contribution in [2.24, 2.45) is 0 Å². The predicted molar refractivity (Wildman–Crippen MR) is 95.0 cm³/mol. The zero-order chi connectivity index (χ0) is 16.9. The number of carbonyl (C=O) groups excluding carboxylic acids is 1. The number of carbonyl (C=O) groups is 1. The van der Waals surface area contributed by atoms with Crippen LogP contribution in [-0.4, -0.2) is 36.6 Å². The van der Waals surface area contributed by atoms with Crippen molar-refractivity contribution in [1.82, 2.24) is 20.5 Å². The van der Waals surface area contributed by atoms with Crippen LogP contribution in [0.2, 0.25) is 0 Å². The van der Waals surface area contributed by atoms with Gasteiger partial charge in [0.2, 0.25) is 0 Å². The molecule has 7 heteroatoms. The van der Waals surface area contributed by atoms with Crippen LogP contribution < -0.4 is 10.6 Å². The van der Waals surface area contributed by atoms with E-state index in [4.69, 9.17) is 4.42 Å². The lowest BCUT2D eigenvalue weighted by molar-refractivity contribution is 0.225. The van der Waals surface area contributed by atoms with Gasteiger partial charge in [-0.3, -0.25) is 4.90 Å². The van der Waals surface area contributed by atoms with E-state index in [0.29, 0.717) is 13.1 Å². The fraction of sp³-hybridized carbons (Fsp3) is 0.294. The van der Waals surface area contributed by atoms with Gasteiger partial charge < -0.3 is 15.1 Å². The highest BCUT2D eigenvalue weighted by Crippen LogP contribution is 2.21. The molecule has 2 aromatic heterocycles. The van der Waals surface area contributed by atoms with Crippen molar-refractivity contribution in [3.63, 3.8) is 0 Å². The van der Waals surface area contributed by atoms with Gasteiger partial charge in [-0.2, -0.15) is 0 Å². The zero-order valence-corrected chi connectivity index (χ0v) is 14.5. The molecule has 2 amide bonds. The molecule has 0 aliphatic heterocycles. The molecule has 0 aliphatic carbocycles. The molecule has 3 rings (SSSR count). The first-order chi connectivity index (χ1) is 11.6. The second-order valence-corrected chi connectivity index (χ2v) is 6.75. The number of furan rings is 1. The van der Waals surface area contributed by atoms with Gasteiger partial charge in [0.05, 0.1) is 29.1 Å². The summed E-state index contributed by atoms with van der Waals surface area (Å²) in [6, 6.07) is 11.5. The number of urea groups is 1. The molecule has 0 bridgehead atoms. The Morgan fingerprint density at radius 3 is 2.79 bits per heavy atom. The summed E-state index contributed by atoms with van der Waals surface area (Å²) in [6.45, 7) is 0.880. The summed E-state index contributed by atoms with van der Waals surface area (Å²) in [4.78, 5) is 18.5. The minimum absolute atomic E-state index is 0.00630. The molecule has 126 valence electrons. The number of benzene rings is 1. The average molecular weight is 344 g/mol. The third-order valence-corrected chi connectivity index (χ3v) is 4.73. The number of nitrogens with zero attached hydrogens (tertiary/aromatic N) is 2.